The average Bonchev–Trinajstić information content (AvgIpc) is 3.04. The van der Waals surface area contributed by atoms with E-state index in [1.54, 1.807) is 14.2 Å². The number of carbonyl (C=O) groups excluding carboxylic acids is 1. The van der Waals surface area contributed by atoms with Crippen LogP contribution in [0, 0.1) is 11.8 Å². The zero-order chi connectivity index (χ0) is 15.3. The molecule has 0 radical (unpaired) electrons. The van der Waals surface area contributed by atoms with E-state index in [2.05, 4.69) is 13.0 Å². The zero-order valence-corrected chi connectivity index (χ0v) is 12.9. The molecule has 1 saturated carbocycles. The maximum atomic E-state index is 13.2. The molecule has 2 bridgehead atoms. The highest BCUT2D eigenvalue weighted by Gasteiger charge is 2.94. The van der Waals surface area contributed by atoms with E-state index in [1.165, 1.54) is 5.57 Å². The molecule has 22 heavy (non-hydrogen) atoms. The highest BCUT2D eigenvalue weighted by Crippen LogP contribution is 2.79. The van der Waals surface area contributed by atoms with Crippen molar-refractivity contribution in [1.82, 2.24) is 0 Å². The summed E-state index contributed by atoms with van der Waals surface area (Å²) in [4.78, 5) is 13.2. The summed E-state index contributed by atoms with van der Waals surface area (Å²) in [5.74, 6) is -0.631. The lowest BCUT2D eigenvalue weighted by atomic mass is 9.65. The van der Waals surface area contributed by atoms with Crippen LogP contribution in [0.25, 0.3) is 0 Å². The fraction of sp³-hybridized carbons (Fsp3) is 0.500. The number of ketones is 1. The maximum Gasteiger partial charge on any atom is 0.229 e. The first-order valence-corrected chi connectivity index (χ1v) is 7.72. The van der Waals surface area contributed by atoms with Crippen LogP contribution in [0.1, 0.15) is 29.3 Å². The Morgan fingerprint density at radius 3 is 2.68 bits per heavy atom. The van der Waals surface area contributed by atoms with Gasteiger partial charge in [-0.3, -0.25) is 4.79 Å². The van der Waals surface area contributed by atoms with Crippen LogP contribution < -0.4 is 0 Å². The first-order valence-electron chi connectivity index (χ1n) is 7.72. The summed E-state index contributed by atoms with van der Waals surface area (Å²) in [6.45, 7) is 2.12. The third kappa shape index (κ3) is 0.945. The van der Waals surface area contributed by atoms with Crippen LogP contribution >= 0.6 is 0 Å². The van der Waals surface area contributed by atoms with E-state index < -0.39 is 17.0 Å². The van der Waals surface area contributed by atoms with Crippen LogP contribution in [0.15, 0.2) is 35.9 Å². The molecule has 1 aliphatic heterocycles. The van der Waals surface area contributed by atoms with Crippen LogP contribution in [0.3, 0.4) is 0 Å². The topological polar surface area (TPSA) is 48.1 Å². The third-order valence-electron chi connectivity index (χ3n) is 6.28. The van der Waals surface area contributed by atoms with Gasteiger partial charge < -0.3 is 14.2 Å². The molecule has 0 unspecified atom stereocenters. The first-order chi connectivity index (χ1) is 10.6. The summed E-state index contributed by atoms with van der Waals surface area (Å²) in [7, 11) is 3.28. The minimum Gasteiger partial charge on any atom is -0.347 e. The van der Waals surface area contributed by atoms with Crippen LogP contribution in [-0.4, -0.2) is 31.2 Å². The van der Waals surface area contributed by atoms with Gasteiger partial charge in [-0.2, -0.15) is 0 Å². The summed E-state index contributed by atoms with van der Waals surface area (Å²) in [6, 6.07) is 7.58. The molecular weight excluding hydrogens is 280 g/mol. The molecule has 0 spiro atoms. The third-order valence-corrected chi connectivity index (χ3v) is 6.28. The van der Waals surface area contributed by atoms with Crippen LogP contribution in [0.5, 0.6) is 0 Å². The second kappa shape index (κ2) is 3.53. The Balaban J connectivity index is 1.87. The van der Waals surface area contributed by atoms with Crippen molar-refractivity contribution in [1.29, 1.82) is 0 Å². The Morgan fingerprint density at radius 2 is 1.95 bits per heavy atom. The number of fused-ring (bicyclic) bond motifs is 3. The minimum atomic E-state index is -1.02. The highest BCUT2D eigenvalue weighted by molar-refractivity contribution is 6.10. The SMILES string of the molecule is COC1(OC)c2ccccc2C(=O)[C@]23O[C@]12[C@@H]1C[C@@H]3C=C1C. The van der Waals surface area contributed by atoms with Crippen LogP contribution in [0.2, 0.25) is 0 Å². The molecule has 4 nitrogen and oxygen atoms in total. The van der Waals surface area contributed by atoms with Gasteiger partial charge in [-0.25, -0.2) is 0 Å². The molecule has 114 valence electrons. The smallest absolute Gasteiger partial charge is 0.229 e. The number of hydrogen-bond donors (Lipinski definition) is 0. The molecule has 4 aliphatic rings. The van der Waals surface area contributed by atoms with Gasteiger partial charge in [-0.05, 0) is 13.3 Å². The van der Waals surface area contributed by atoms with Crippen molar-refractivity contribution in [3.8, 4) is 0 Å². The molecular formula is C18H18O4. The van der Waals surface area contributed by atoms with Gasteiger partial charge in [0.1, 0.15) is 0 Å². The van der Waals surface area contributed by atoms with Gasteiger partial charge in [0.05, 0.1) is 0 Å². The van der Waals surface area contributed by atoms with E-state index in [0.29, 0.717) is 5.56 Å². The predicted octanol–water partition coefficient (Wildman–Crippen LogP) is 2.43. The lowest BCUT2D eigenvalue weighted by molar-refractivity contribution is -0.264. The van der Waals surface area contributed by atoms with Gasteiger partial charge in [-0.1, -0.05) is 35.9 Å². The monoisotopic (exact) mass is 298 g/mol. The van der Waals surface area contributed by atoms with Crippen molar-refractivity contribution in [3.05, 3.63) is 47.0 Å². The molecule has 5 rings (SSSR count). The van der Waals surface area contributed by atoms with Crippen molar-refractivity contribution in [3.63, 3.8) is 0 Å². The number of carbonyl (C=O) groups is 1. The van der Waals surface area contributed by atoms with E-state index in [4.69, 9.17) is 14.2 Å². The zero-order valence-electron chi connectivity index (χ0n) is 12.9. The molecule has 1 aromatic rings. The Hall–Kier alpha value is -1.49. The van der Waals surface area contributed by atoms with Gasteiger partial charge in [0.15, 0.2) is 17.0 Å². The van der Waals surface area contributed by atoms with E-state index in [9.17, 15) is 4.79 Å². The van der Waals surface area contributed by atoms with Crippen molar-refractivity contribution >= 4 is 5.78 Å². The molecule has 0 N–H and O–H groups in total. The molecule has 1 aromatic carbocycles. The normalized spacial score (nSPS) is 42.5. The highest BCUT2D eigenvalue weighted by atomic mass is 16.8. The number of rotatable bonds is 2. The number of ether oxygens (including phenoxy) is 3. The van der Waals surface area contributed by atoms with Gasteiger partial charge in [0.25, 0.3) is 0 Å². The second-order valence-corrected chi connectivity index (χ2v) is 6.78. The maximum absolute atomic E-state index is 13.2. The molecule has 0 aromatic heterocycles. The summed E-state index contributed by atoms with van der Waals surface area (Å²) in [5, 5.41) is 0. The average molecular weight is 298 g/mol. The van der Waals surface area contributed by atoms with Crippen molar-refractivity contribution in [2.24, 2.45) is 11.8 Å². The number of epoxide rings is 1. The van der Waals surface area contributed by atoms with Crippen LogP contribution in [0.4, 0.5) is 0 Å². The molecule has 2 fully saturated rings. The largest absolute Gasteiger partial charge is 0.347 e. The fourth-order valence-corrected chi connectivity index (χ4v) is 5.52. The van der Waals surface area contributed by atoms with Crippen LogP contribution in [-0.2, 0) is 20.0 Å². The summed E-state index contributed by atoms with van der Waals surface area (Å²) in [6.07, 6.45) is 3.15. The van der Waals surface area contributed by atoms with E-state index in [1.807, 2.05) is 24.3 Å². The van der Waals surface area contributed by atoms with E-state index in [-0.39, 0.29) is 17.6 Å². The van der Waals surface area contributed by atoms with Crippen molar-refractivity contribution in [2.45, 2.75) is 30.3 Å². The molecule has 3 aliphatic carbocycles. The van der Waals surface area contributed by atoms with Gasteiger partial charge >= 0.3 is 0 Å². The molecule has 4 heteroatoms. The van der Waals surface area contributed by atoms with Crippen molar-refractivity contribution < 1.29 is 19.0 Å². The number of hydrogen-bond acceptors (Lipinski definition) is 4. The van der Waals surface area contributed by atoms with E-state index in [0.717, 1.165) is 12.0 Å². The number of Topliss-reactive ketones (excluding diaryl/α,β-unsaturated/α-hetero) is 1. The molecule has 0 amide bonds. The number of methoxy groups -OCH3 is 2. The van der Waals surface area contributed by atoms with Gasteiger partial charge in [-0.15, -0.1) is 0 Å². The second-order valence-electron chi connectivity index (χ2n) is 6.78. The quantitative estimate of drug-likeness (QED) is 0.478. The summed E-state index contributed by atoms with van der Waals surface area (Å²) < 4.78 is 18.1. The fourth-order valence-electron chi connectivity index (χ4n) is 5.52. The lowest BCUT2D eigenvalue weighted by Crippen LogP contribution is -2.58. The summed E-state index contributed by atoms with van der Waals surface area (Å²) in [5.41, 5.74) is 1.23. The Morgan fingerprint density at radius 1 is 1.23 bits per heavy atom. The molecule has 1 saturated heterocycles. The lowest BCUT2D eigenvalue weighted by Gasteiger charge is -2.43. The Bertz CT molecular complexity index is 747. The summed E-state index contributed by atoms with van der Waals surface area (Å²) >= 11 is 0. The number of benzene rings is 1. The predicted molar refractivity (Wildman–Crippen MR) is 78.4 cm³/mol. The first kappa shape index (κ1) is 13.0. The van der Waals surface area contributed by atoms with Gasteiger partial charge in [0.2, 0.25) is 5.79 Å². The minimum absolute atomic E-state index is 0.0871. The standard InChI is InChI=1S/C18H18O4/c1-10-8-11-9-14(10)17-16(11,22-17)15(19)12-6-4-5-7-13(12)18(17,20-2)21-3/h4-8,11,14H,9H2,1-3H3/t11-,14+,16-,17-/m0/s1. The van der Waals surface area contributed by atoms with Crippen molar-refractivity contribution in [2.75, 3.05) is 14.2 Å². The Labute approximate surface area is 129 Å². The molecule has 1 heterocycles. The van der Waals surface area contributed by atoms with Gasteiger partial charge in [0, 0.05) is 37.2 Å². The van der Waals surface area contributed by atoms with E-state index >= 15 is 0 Å². The Kier molecular flexibility index (Phi) is 2.09. The molecule has 4 atom stereocenters.